The van der Waals surface area contributed by atoms with Crippen LogP contribution in [-0.4, -0.2) is 47.9 Å². The van der Waals surface area contributed by atoms with E-state index in [2.05, 4.69) is 11.4 Å². The highest BCUT2D eigenvalue weighted by Gasteiger charge is 2.19. The number of hydrogen-bond donors (Lipinski definition) is 1. The molecular weight excluding hydrogens is 380 g/mol. The molecule has 0 aromatic heterocycles. The van der Waals surface area contributed by atoms with Crippen molar-refractivity contribution in [1.29, 1.82) is 0 Å². The van der Waals surface area contributed by atoms with Crippen molar-refractivity contribution in [1.82, 2.24) is 5.32 Å². The van der Waals surface area contributed by atoms with E-state index in [4.69, 9.17) is 9.47 Å². The Labute approximate surface area is 167 Å². The summed E-state index contributed by atoms with van der Waals surface area (Å²) in [6, 6.07) is 4.95. The molecule has 7 nitrogen and oxygen atoms in total. The number of anilines is 1. The van der Waals surface area contributed by atoms with Gasteiger partial charge in [-0.2, -0.15) is 0 Å². The summed E-state index contributed by atoms with van der Waals surface area (Å²) in [7, 11) is -0.474. The molecule has 0 unspecified atom stereocenters. The number of carbonyl (C=O) groups excluding carboxylic acids is 1. The lowest BCUT2D eigenvalue weighted by molar-refractivity contribution is -0.120. The van der Waals surface area contributed by atoms with Crippen molar-refractivity contribution in [2.45, 2.75) is 38.5 Å². The molecule has 1 aliphatic rings. The van der Waals surface area contributed by atoms with Gasteiger partial charge in [0.15, 0.2) is 11.5 Å². The number of ether oxygens (including phenoxy) is 2. The van der Waals surface area contributed by atoms with E-state index in [1.165, 1.54) is 36.9 Å². The Kier molecular flexibility index (Phi) is 8.17. The smallest absolute Gasteiger partial charge is 0.232 e. The Morgan fingerprint density at radius 2 is 1.93 bits per heavy atom. The molecule has 1 N–H and O–H groups in total. The highest BCUT2D eigenvalue weighted by Crippen LogP contribution is 2.32. The van der Waals surface area contributed by atoms with Crippen molar-refractivity contribution in [3.63, 3.8) is 0 Å². The van der Waals surface area contributed by atoms with Gasteiger partial charge in [-0.25, -0.2) is 8.42 Å². The van der Waals surface area contributed by atoms with Crippen LogP contribution in [0.5, 0.6) is 11.5 Å². The molecule has 0 atom stereocenters. The highest BCUT2D eigenvalue weighted by atomic mass is 32.2. The van der Waals surface area contributed by atoms with Gasteiger partial charge in [0.25, 0.3) is 0 Å². The first-order valence-electron chi connectivity index (χ1n) is 9.49. The molecule has 1 aromatic carbocycles. The first-order valence-corrected chi connectivity index (χ1v) is 11.3. The first-order chi connectivity index (χ1) is 13.3. The van der Waals surface area contributed by atoms with Crippen LogP contribution in [0.25, 0.3) is 0 Å². The minimum absolute atomic E-state index is 0.0627. The summed E-state index contributed by atoms with van der Waals surface area (Å²) in [5, 5.41) is 2.93. The number of nitrogens with one attached hydrogen (secondary N) is 1. The van der Waals surface area contributed by atoms with Gasteiger partial charge in [-0.3, -0.25) is 9.10 Å². The molecule has 0 heterocycles. The third-order valence-corrected chi connectivity index (χ3v) is 5.91. The van der Waals surface area contributed by atoms with E-state index < -0.39 is 10.0 Å². The third-order valence-electron chi connectivity index (χ3n) is 4.72. The lowest BCUT2D eigenvalue weighted by atomic mass is 10.00. The molecule has 0 spiro atoms. The van der Waals surface area contributed by atoms with Crippen molar-refractivity contribution in [2.75, 3.05) is 37.9 Å². The molecule has 0 fully saturated rings. The number of amides is 1. The van der Waals surface area contributed by atoms with Gasteiger partial charge >= 0.3 is 0 Å². The summed E-state index contributed by atoms with van der Waals surface area (Å²) >= 11 is 0. The molecule has 0 radical (unpaired) electrons. The average Bonchev–Trinajstić information content (AvgIpc) is 2.69. The number of hydrogen-bond acceptors (Lipinski definition) is 5. The molecule has 1 amide bonds. The van der Waals surface area contributed by atoms with E-state index in [9.17, 15) is 13.2 Å². The molecule has 0 saturated carbocycles. The van der Waals surface area contributed by atoms with Crippen LogP contribution in [0.15, 0.2) is 29.8 Å². The second-order valence-electron chi connectivity index (χ2n) is 6.86. The zero-order valence-electron chi connectivity index (χ0n) is 16.9. The van der Waals surface area contributed by atoms with Gasteiger partial charge in [0, 0.05) is 25.6 Å². The SMILES string of the molecule is COc1ccc(N(CCCC(=O)NCC2=CCCCC2)S(C)(=O)=O)cc1OC. The Morgan fingerprint density at radius 1 is 1.18 bits per heavy atom. The molecule has 1 aromatic rings. The summed E-state index contributed by atoms with van der Waals surface area (Å²) in [6.45, 7) is 0.800. The normalized spacial score (nSPS) is 14.2. The zero-order chi connectivity index (χ0) is 20.6. The van der Waals surface area contributed by atoms with E-state index in [0.717, 1.165) is 19.1 Å². The van der Waals surface area contributed by atoms with E-state index in [-0.39, 0.29) is 18.9 Å². The van der Waals surface area contributed by atoms with Crippen molar-refractivity contribution in [3.8, 4) is 11.5 Å². The van der Waals surface area contributed by atoms with Crippen molar-refractivity contribution in [3.05, 3.63) is 29.8 Å². The number of methoxy groups -OCH3 is 2. The predicted molar refractivity (Wildman–Crippen MR) is 111 cm³/mol. The Balaban J connectivity index is 1.94. The van der Waals surface area contributed by atoms with Gasteiger partial charge in [0.1, 0.15) is 0 Å². The average molecular weight is 411 g/mol. The Hall–Kier alpha value is -2.22. The summed E-state index contributed by atoms with van der Waals surface area (Å²) < 4.78 is 36.2. The number of sulfonamides is 1. The first kappa shape index (κ1) is 22.1. The lowest BCUT2D eigenvalue weighted by Crippen LogP contribution is -2.32. The molecule has 0 aliphatic heterocycles. The topological polar surface area (TPSA) is 84.9 Å². The van der Waals surface area contributed by atoms with E-state index >= 15 is 0 Å². The zero-order valence-corrected chi connectivity index (χ0v) is 17.7. The minimum atomic E-state index is -3.49. The van der Waals surface area contributed by atoms with Crippen LogP contribution < -0.4 is 19.1 Å². The minimum Gasteiger partial charge on any atom is -0.493 e. The van der Waals surface area contributed by atoms with Crippen LogP contribution in [0.2, 0.25) is 0 Å². The number of carbonyl (C=O) groups is 1. The molecule has 156 valence electrons. The molecule has 0 saturated heterocycles. The van der Waals surface area contributed by atoms with Gasteiger partial charge in [-0.1, -0.05) is 11.6 Å². The monoisotopic (exact) mass is 410 g/mol. The Morgan fingerprint density at radius 3 is 2.54 bits per heavy atom. The van der Waals surface area contributed by atoms with Gasteiger partial charge in [-0.05, 0) is 44.2 Å². The van der Waals surface area contributed by atoms with E-state index in [1.54, 1.807) is 18.2 Å². The van der Waals surface area contributed by atoms with Crippen molar-refractivity contribution >= 4 is 21.6 Å². The van der Waals surface area contributed by atoms with E-state index in [0.29, 0.717) is 30.2 Å². The van der Waals surface area contributed by atoms with Crippen molar-refractivity contribution in [2.24, 2.45) is 0 Å². The molecule has 0 bridgehead atoms. The molecule has 8 heteroatoms. The van der Waals surface area contributed by atoms with Crippen LogP contribution in [0, 0.1) is 0 Å². The van der Waals surface area contributed by atoms with Gasteiger partial charge < -0.3 is 14.8 Å². The number of allylic oxidation sites excluding steroid dienone is 1. The summed E-state index contributed by atoms with van der Waals surface area (Å²) in [6.07, 6.45) is 8.57. The maximum absolute atomic E-state index is 12.2. The van der Waals surface area contributed by atoms with Crippen LogP contribution in [0.1, 0.15) is 38.5 Å². The fourth-order valence-electron chi connectivity index (χ4n) is 3.22. The van der Waals surface area contributed by atoms with E-state index in [1.807, 2.05) is 0 Å². The Bertz CT molecular complexity index is 805. The molecule has 1 aliphatic carbocycles. The second-order valence-corrected chi connectivity index (χ2v) is 8.77. The van der Waals surface area contributed by atoms with Crippen molar-refractivity contribution < 1.29 is 22.7 Å². The van der Waals surface area contributed by atoms with Gasteiger partial charge in [0.2, 0.25) is 15.9 Å². The number of benzene rings is 1. The molecule has 28 heavy (non-hydrogen) atoms. The maximum atomic E-state index is 12.2. The predicted octanol–water partition coefficient (Wildman–Crippen LogP) is 2.87. The standard InChI is InChI=1S/C20H30N2O5S/c1-26-18-12-11-17(14-19(18)27-2)22(28(3,24)25)13-7-10-20(23)21-15-16-8-5-4-6-9-16/h8,11-12,14H,4-7,9-10,13,15H2,1-3H3,(H,21,23). The van der Waals surface area contributed by atoms with Crippen LogP contribution in [0.4, 0.5) is 5.69 Å². The van der Waals surface area contributed by atoms with Crippen LogP contribution >= 0.6 is 0 Å². The van der Waals surface area contributed by atoms with Gasteiger partial charge in [0.05, 0.1) is 26.2 Å². The fourth-order valence-corrected chi connectivity index (χ4v) is 4.17. The van der Waals surface area contributed by atoms with Crippen LogP contribution in [0.3, 0.4) is 0 Å². The largest absolute Gasteiger partial charge is 0.493 e. The fraction of sp³-hybridized carbons (Fsp3) is 0.550. The van der Waals surface area contributed by atoms with Gasteiger partial charge in [-0.15, -0.1) is 0 Å². The second kappa shape index (κ2) is 10.4. The maximum Gasteiger partial charge on any atom is 0.232 e. The van der Waals surface area contributed by atoms with Crippen LogP contribution in [-0.2, 0) is 14.8 Å². The third kappa shape index (κ3) is 6.44. The summed E-state index contributed by atoms with van der Waals surface area (Å²) in [4.78, 5) is 12.1. The highest BCUT2D eigenvalue weighted by molar-refractivity contribution is 7.92. The molecular formula is C20H30N2O5S. The number of nitrogens with zero attached hydrogens (tertiary/aromatic N) is 1. The quantitative estimate of drug-likeness (QED) is 0.600. The summed E-state index contributed by atoms with van der Waals surface area (Å²) in [5.74, 6) is 0.912. The molecule has 2 rings (SSSR count). The number of rotatable bonds is 10. The summed E-state index contributed by atoms with van der Waals surface area (Å²) in [5.41, 5.74) is 1.76. The lowest BCUT2D eigenvalue weighted by Gasteiger charge is -2.23.